The first-order valence-electron chi connectivity index (χ1n) is 4.53. The summed E-state index contributed by atoms with van der Waals surface area (Å²) in [4.78, 5) is 17.9. The number of halogens is 3. The zero-order chi connectivity index (χ0) is 12.4. The maximum Gasteiger partial charge on any atom is 0.266 e. The Morgan fingerprint density at radius 2 is 2.24 bits per heavy atom. The highest BCUT2D eigenvalue weighted by atomic mass is 127. The van der Waals surface area contributed by atoms with Crippen LogP contribution in [-0.2, 0) is 0 Å². The molecule has 2 rings (SSSR count). The summed E-state index contributed by atoms with van der Waals surface area (Å²) in [6.45, 7) is 0. The van der Waals surface area contributed by atoms with Gasteiger partial charge in [0.15, 0.2) is 5.82 Å². The van der Waals surface area contributed by atoms with Crippen LogP contribution >= 0.6 is 50.1 Å². The van der Waals surface area contributed by atoms with E-state index in [-0.39, 0.29) is 5.56 Å². The third kappa shape index (κ3) is 2.99. The van der Waals surface area contributed by atoms with E-state index in [1.807, 2.05) is 34.7 Å². The summed E-state index contributed by atoms with van der Waals surface area (Å²) in [6.07, 6.45) is 1.35. The molecule has 0 saturated heterocycles. The van der Waals surface area contributed by atoms with Crippen molar-refractivity contribution in [3.05, 3.63) is 47.9 Å². The molecule has 17 heavy (non-hydrogen) atoms. The van der Waals surface area contributed by atoms with Crippen LogP contribution in [0.3, 0.4) is 0 Å². The number of nitrogens with zero attached hydrogens (tertiary/aromatic N) is 1. The number of hydrogen-bond donors (Lipinski definition) is 2. The Kier molecular flexibility index (Phi) is 4.05. The van der Waals surface area contributed by atoms with Gasteiger partial charge in [-0.1, -0.05) is 11.6 Å². The van der Waals surface area contributed by atoms with Crippen LogP contribution in [0.1, 0.15) is 0 Å². The monoisotopic (exact) mass is 425 g/mol. The Balaban J connectivity index is 2.35. The SMILES string of the molecule is O=c1[nH]cnc(Nc2ccc(Br)c(Cl)c2)c1I. The van der Waals surface area contributed by atoms with Crippen LogP contribution < -0.4 is 10.9 Å². The summed E-state index contributed by atoms with van der Waals surface area (Å²) in [5, 5.41) is 3.63. The highest BCUT2D eigenvalue weighted by molar-refractivity contribution is 14.1. The molecule has 0 aliphatic heterocycles. The third-order valence-electron chi connectivity index (χ3n) is 1.98. The Morgan fingerprint density at radius 1 is 1.47 bits per heavy atom. The normalized spacial score (nSPS) is 10.3. The minimum absolute atomic E-state index is 0.175. The molecule has 0 aliphatic carbocycles. The molecule has 2 N–H and O–H groups in total. The molecule has 1 aromatic heterocycles. The van der Waals surface area contributed by atoms with Gasteiger partial charge in [0.25, 0.3) is 5.56 Å². The van der Waals surface area contributed by atoms with Gasteiger partial charge in [0.1, 0.15) is 3.57 Å². The second-order valence-electron chi connectivity index (χ2n) is 3.15. The summed E-state index contributed by atoms with van der Waals surface area (Å²) in [5.41, 5.74) is 0.598. The molecule has 88 valence electrons. The Morgan fingerprint density at radius 3 is 2.94 bits per heavy atom. The van der Waals surface area contributed by atoms with Gasteiger partial charge in [0.05, 0.1) is 11.3 Å². The number of benzene rings is 1. The molecular weight excluding hydrogens is 420 g/mol. The zero-order valence-corrected chi connectivity index (χ0v) is 12.8. The molecule has 7 heteroatoms. The average molecular weight is 426 g/mol. The van der Waals surface area contributed by atoms with Crippen molar-refractivity contribution in [2.45, 2.75) is 0 Å². The molecule has 4 nitrogen and oxygen atoms in total. The van der Waals surface area contributed by atoms with Crippen LogP contribution in [0.15, 0.2) is 33.8 Å². The standard InChI is InChI=1S/C10H6BrClIN3O/c11-6-2-1-5(3-7(6)12)16-9-8(13)10(17)15-4-14-9/h1-4H,(H2,14,15,16,17). The number of aromatic nitrogens is 2. The van der Waals surface area contributed by atoms with E-state index in [2.05, 4.69) is 31.2 Å². The third-order valence-corrected chi connectivity index (χ3v) is 4.21. The smallest absolute Gasteiger partial charge is 0.266 e. The summed E-state index contributed by atoms with van der Waals surface area (Å²) in [7, 11) is 0. The molecule has 0 unspecified atom stereocenters. The topological polar surface area (TPSA) is 57.8 Å². The molecule has 0 amide bonds. The van der Waals surface area contributed by atoms with E-state index in [1.54, 1.807) is 6.07 Å². The molecule has 0 saturated carbocycles. The van der Waals surface area contributed by atoms with E-state index in [4.69, 9.17) is 11.6 Å². The quantitative estimate of drug-likeness (QED) is 0.723. The molecule has 0 fully saturated rings. The summed E-state index contributed by atoms with van der Waals surface area (Å²) < 4.78 is 1.32. The predicted molar refractivity (Wildman–Crippen MR) is 80.0 cm³/mol. The number of aromatic amines is 1. The van der Waals surface area contributed by atoms with Gasteiger partial charge in [-0.15, -0.1) is 0 Å². The second-order valence-corrected chi connectivity index (χ2v) is 5.49. The zero-order valence-electron chi connectivity index (χ0n) is 8.30. The van der Waals surface area contributed by atoms with Crippen molar-refractivity contribution >= 4 is 61.6 Å². The van der Waals surface area contributed by atoms with Crippen molar-refractivity contribution in [1.82, 2.24) is 9.97 Å². The molecular formula is C10H6BrClIN3O. The van der Waals surface area contributed by atoms with Crippen molar-refractivity contribution in [2.24, 2.45) is 0 Å². The van der Waals surface area contributed by atoms with Crippen LogP contribution in [0.4, 0.5) is 11.5 Å². The van der Waals surface area contributed by atoms with Crippen molar-refractivity contribution in [3.63, 3.8) is 0 Å². The number of nitrogens with one attached hydrogen (secondary N) is 2. The minimum Gasteiger partial charge on any atom is -0.339 e. The lowest BCUT2D eigenvalue weighted by Crippen LogP contribution is -2.12. The first kappa shape index (κ1) is 12.8. The van der Waals surface area contributed by atoms with Crippen molar-refractivity contribution in [3.8, 4) is 0 Å². The van der Waals surface area contributed by atoms with Gasteiger partial charge < -0.3 is 10.3 Å². The van der Waals surface area contributed by atoms with Crippen LogP contribution in [0.5, 0.6) is 0 Å². The van der Waals surface area contributed by atoms with Gasteiger partial charge in [-0.3, -0.25) is 4.79 Å². The van der Waals surface area contributed by atoms with E-state index in [9.17, 15) is 4.79 Å². The second kappa shape index (κ2) is 5.36. The van der Waals surface area contributed by atoms with E-state index in [1.165, 1.54) is 6.33 Å². The maximum atomic E-state index is 11.4. The number of H-pyrrole nitrogens is 1. The fourth-order valence-corrected chi connectivity index (χ4v) is 2.04. The van der Waals surface area contributed by atoms with Gasteiger partial charge in [-0.25, -0.2) is 4.98 Å². The Hall–Kier alpha value is -0.600. The van der Waals surface area contributed by atoms with Gasteiger partial charge >= 0.3 is 0 Å². The van der Waals surface area contributed by atoms with Gasteiger partial charge in [-0.05, 0) is 56.7 Å². The van der Waals surface area contributed by atoms with Gasteiger partial charge in [0.2, 0.25) is 0 Å². The molecule has 2 aromatic rings. The van der Waals surface area contributed by atoms with Crippen LogP contribution in [0, 0.1) is 3.57 Å². The number of rotatable bonds is 2. The highest BCUT2D eigenvalue weighted by Crippen LogP contribution is 2.27. The lowest BCUT2D eigenvalue weighted by molar-refractivity contribution is 1.10. The lowest BCUT2D eigenvalue weighted by atomic mass is 10.3. The molecule has 1 heterocycles. The minimum atomic E-state index is -0.175. The van der Waals surface area contributed by atoms with Crippen molar-refractivity contribution in [1.29, 1.82) is 0 Å². The molecule has 0 atom stereocenters. The summed E-state index contributed by atoms with van der Waals surface area (Å²) in [6, 6.07) is 5.42. The largest absolute Gasteiger partial charge is 0.339 e. The highest BCUT2D eigenvalue weighted by Gasteiger charge is 2.06. The average Bonchev–Trinajstić information content (AvgIpc) is 2.30. The maximum absolute atomic E-state index is 11.4. The van der Waals surface area contributed by atoms with Crippen LogP contribution in [0.2, 0.25) is 5.02 Å². The van der Waals surface area contributed by atoms with E-state index in [0.29, 0.717) is 14.4 Å². The molecule has 0 spiro atoms. The summed E-state index contributed by atoms with van der Waals surface area (Å²) >= 11 is 11.2. The molecule has 0 bridgehead atoms. The van der Waals surface area contributed by atoms with Gasteiger partial charge in [-0.2, -0.15) is 0 Å². The Labute approximate surface area is 124 Å². The number of anilines is 2. The van der Waals surface area contributed by atoms with Crippen LogP contribution in [-0.4, -0.2) is 9.97 Å². The van der Waals surface area contributed by atoms with E-state index >= 15 is 0 Å². The Bertz CT molecular complexity index is 617. The first-order valence-corrected chi connectivity index (χ1v) is 6.78. The van der Waals surface area contributed by atoms with Crippen molar-refractivity contribution in [2.75, 3.05) is 5.32 Å². The van der Waals surface area contributed by atoms with E-state index < -0.39 is 0 Å². The lowest BCUT2D eigenvalue weighted by Gasteiger charge is -2.07. The number of hydrogen-bond acceptors (Lipinski definition) is 3. The first-order chi connectivity index (χ1) is 8.08. The fraction of sp³-hybridized carbons (Fsp3) is 0. The van der Waals surface area contributed by atoms with Crippen molar-refractivity contribution < 1.29 is 0 Å². The van der Waals surface area contributed by atoms with Gasteiger partial charge in [0, 0.05) is 10.2 Å². The molecule has 1 aromatic carbocycles. The summed E-state index contributed by atoms with van der Waals surface area (Å²) in [5.74, 6) is 0.507. The molecule has 0 radical (unpaired) electrons. The molecule has 0 aliphatic rings. The fourth-order valence-electron chi connectivity index (χ4n) is 1.18. The van der Waals surface area contributed by atoms with Crippen LogP contribution in [0.25, 0.3) is 0 Å². The van der Waals surface area contributed by atoms with E-state index in [0.717, 1.165) is 10.2 Å². The predicted octanol–water partition coefficient (Wildman–Crippen LogP) is 3.53.